The molecule has 2 rings (SSSR count). The largest absolute Gasteiger partial charge is 0.463 e. The van der Waals surface area contributed by atoms with Crippen molar-refractivity contribution in [3.8, 4) is 0 Å². The van der Waals surface area contributed by atoms with Gasteiger partial charge in [-0.05, 0) is 53.0 Å². The molecule has 0 saturated heterocycles. The van der Waals surface area contributed by atoms with Crippen LogP contribution in [0, 0.1) is 5.41 Å². The Morgan fingerprint density at radius 2 is 1.59 bits per heavy atom. The van der Waals surface area contributed by atoms with Crippen molar-refractivity contribution in [2.24, 2.45) is 10.6 Å². The Morgan fingerprint density at radius 3 is 2.09 bits per heavy atom. The minimum Gasteiger partial charge on any atom is -0.463 e. The predicted octanol–water partition coefficient (Wildman–Crippen LogP) is 6.57. The summed E-state index contributed by atoms with van der Waals surface area (Å²) in [7, 11) is 1.75. The molecule has 1 saturated carbocycles. The molecule has 1 aliphatic rings. The Hall–Kier alpha value is -3.86. The Kier molecular flexibility index (Phi) is 11.9. The van der Waals surface area contributed by atoms with Gasteiger partial charge in [-0.2, -0.15) is 0 Å². The topological polar surface area (TPSA) is 59.9 Å². The molecule has 0 atom stereocenters. The highest BCUT2D eigenvalue weighted by molar-refractivity contribution is 5.48. The van der Waals surface area contributed by atoms with Crippen molar-refractivity contribution in [2.45, 2.75) is 33.3 Å². The molecular weight excluding hydrogens is 424 g/mol. The number of hydrogen-bond acceptors (Lipinski definition) is 5. The van der Waals surface area contributed by atoms with Gasteiger partial charge in [0.25, 0.3) is 6.47 Å². The summed E-state index contributed by atoms with van der Waals surface area (Å²) in [5, 5.41) is 6.33. The van der Waals surface area contributed by atoms with E-state index in [0.717, 1.165) is 33.4 Å². The van der Waals surface area contributed by atoms with Gasteiger partial charge in [0, 0.05) is 19.3 Å². The van der Waals surface area contributed by atoms with Gasteiger partial charge in [-0.3, -0.25) is 4.79 Å². The number of rotatable bonds is 13. The van der Waals surface area contributed by atoms with Crippen LogP contribution in [0.2, 0.25) is 0 Å². The van der Waals surface area contributed by atoms with Crippen molar-refractivity contribution in [1.82, 2.24) is 5.32 Å². The first kappa shape index (κ1) is 28.2. The van der Waals surface area contributed by atoms with Crippen molar-refractivity contribution in [1.29, 1.82) is 0 Å². The molecule has 1 fully saturated rings. The average Bonchev–Trinajstić information content (AvgIpc) is 3.61. The molecule has 5 nitrogen and oxygen atoms in total. The van der Waals surface area contributed by atoms with Gasteiger partial charge < -0.3 is 14.9 Å². The van der Waals surface area contributed by atoms with Gasteiger partial charge in [0.2, 0.25) is 5.88 Å². The van der Waals surface area contributed by atoms with Gasteiger partial charge in [-0.25, -0.2) is 0 Å². The number of allylic oxidation sites excluding steroid dienone is 9. The highest BCUT2D eigenvalue weighted by Crippen LogP contribution is 2.51. The molecule has 1 aliphatic carbocycles. The molecule has 0 amide bonds. The van der Waals surface area contributed by atoms with Crippen molar-refractivity contribution in [3.05, 3.63) is 120 Å². The maximum absolute atomic E-state index is 9.76. The van der Waals surface area contributed by atoms with Crippen molar-refractivity contribution < 1.29 is 14.4 Å². The zero-order valence-corrected chi connectivity index (χ0v) is 20.6. The molecule has 0 radical (unpaired) electrons. The fraction of sp³-hybridized carbons (Fsp3) is 0.241. The summed E-state index contributed by atoms with van der Waals surface area (Å²) in [6.07, 6.45) is 10.2. The summed E-state index contributed by atoms with van der Waals surface area (Å²) in [6, 6.07) is 9.55. The third kappa shape index (κ3) is 9.74. The van der Waals surface area contributed by atoms with Gasteiger partial charge in [0.05, 0.1) is 0 Å². The van der Waals surface area contributed by atoms with Crippen LogP contribution in [0.5, 0.6) is 0 Å². The standard InChI is InChI=1S/C21H28N2O.C8H8O2/c1-15(16(2)11-12-18(4)21(6)13-14-21)9-10-17(3)19(5)20(22-7)24-23-8;9-7-10-6-8-4-2-1-3-5-8/h9-12,22H,1-4,8,13-14H2,5-7H3;1-5,7H,6H2/b10-9-,12-11-,20-19+;. The van der Waals surface area contributed by atoms with Gasteiger partial charge >= 0.3 is 0 Å². The summed E-state index contributed by atoms with van der Waals surface area (Å²) in [6.45, 7) is 24.5. The first-order valence-corrected chi connectivity index (χ1v) is 10.9. The normalized spacial score (nSPS) is 14.2. The lowest BCUT2D eigenvalue weighted by Crippen LogP contribution is -2.10. The molecule has 0 bridgehead atoms. The SMILES string of the molecule is C=NO/C(NC)=C(\C)C(=C)/C=C\C(=C)C(=C)/C=C\C(=C)C1(C)CC1.O=COCc1ccccc1. The van der Waals surface area contributed by atoms with Gasteiger partial charge in [0.1, 0.15) is 6.61 Å². The number of benzene rings is 1. The third-order valence-corrected chi connectivity index (χ3v) is 5.53. The number of carbonyl (C=O) groups is 1. The van der Waals surface area contributed by atoms with Crippen molar-refractivity contribution in [2.75, 3.05) is 7.05 Å². The predicted molar refractivity (Wildman–Crippen MR) is 142 cm³/mol. The highest BCUT2D eigenvalue weighted by Gasteiger charge is 2.38. The van der Waals surface area contributed by atoms with Crippen LogP contribution >= 0.6 is 0 Å². The number of hydrogen-bond donors (Lipinski definition) is 1. The number of oxime groups is 1. The summed E-state index contributed by atoms with van der Waals surface area (Å²) < 4.78 is 4.54. The third-order valence-electron chi connectivity index (χ3n) is 5.53. The molecule has 1 aromatic rings. The van der Waals surface area contributed by atoms with E-state index < -0.39 is 0 Å². The van der Waals surface area contributed by atoms with Crippen LogP contribution in [0.15, 0.2) is 120 Å². The summed E-state index contributed by atoms with van der Waals surface area (Å²) >= 11 is 0. The summed E-state index contributed by atoms with van der Waals surface area (Å²) in [5.74, 6) is 0.512. The average molecular weight is 461 g/mol. The zero-order valence-electron chi connectivity index (χ0n) is 20.6. The van der Waals surface area contributed by atoms with E-state index in [9.17, 15) is 4.79 Å². The van der Waals surface area contributed by atoms with Crippen LogP contribution in [0.1, 0.15) is 32.3 Å². The Balaban J connectivity index is 0.000000479. The first-order chi connectivity index (χ1) is 16.2. The summed E-state index contributed by atoms with van der Waals surface area (Å²) in [5.41, 5.74) is 5.74. The van der Waals surface area contributed by atoms with E-state index in [1.165, 1.54) is 12.8 Å². The Labute approximate surface area is 204 Å². The van der Waals surface area contributed by atoms with E-state index in [-0.39, 0.29) is 5.41 Å². The van der Waals surface area contributed by atoms with Gasteiger partial charge in [-0.1, -0.05) is 93.0 Å². The number of nitrogens with one attached hydrogen (secondary N) is 1. The molecule has 0 heterocycles. The second kappa shape index (κ2) is 14.3. The lowest BCUT2D eigenvalue weighted by molar-refractivity contribution is -0.129. The second-order valence-corrected chi connectivity index (χ2v) is 8.15. The first-order valence-electron chi connectivity index (χ1n) is 10.9. The number of ether oxygens (including phenoxy) is 1. The molecule has 1 aromatic carbocycles. The van der Waals surface area contributed by atoms with E-state index in [1.54, 1.807) is 7.05 Å². The smallest absolute Gasteiger partial charge is 0.293 e. The van der Waals surface area contributed by atoms with Crippen LogP contribution in [0.3, 0.4) is 0 Å². The van der Waals surface area contributed by atoms with Crippen molar-refractivity contribution >= 4 is 13.2 Å². The van der Waals surface area contributed by atoms with E-state index in [2.05, 4.69) is 55.2 Å². The molecule has 5 heteroatoms. The molecule has 34 heavy (non-hydrogen) atoms. The minimum absolute atomic E-state index is 0.285. The van der Waals surface area contributed by atoms with Crippen LogP contribution in [0.4, 0.5) is 0 Å². The van der Waals surface area contributed by atoms with Crippen molar-refractivity contribution in [3.63, 3.8) is 0 Å². The fourth-order valence-corrected chi connectivity index (χ4v) is 2.67. The van der Waals surface area contributed by atoms with Crippen LogP contribution in [-0.4, -0.2) is 20.2 Å². The molecule has 0 unspecified atom stereocenters. The lowest BCUT2D eigenvalue weighted by Gasteiger charge is -2.09. The van der Waals surface area contributed by atoms with E-state index >= 15 is 0 Å². The van der Waals surface area contributed by atoms with E-state index in [4.69, 9.17) is 4.84 Å². The highest BCUT2D eigenvalue weighted by atomic mass is 16.6. The molecule has 180 valence electrons. The fourth-order valence-electron chi connectivity index (χ4n) is 2.67. The Morgan fingerprint density at radius 1 is 1.03 bits per heavy atom. The van der Waals surface area contributed by atoms with E-state index in [0.29, 0.717) is 19.0 Å². The maximum Gasteiger partial charge on any atom is 0.293 e. The minimum atomic E-state index is 0.285. The second-order valence-electron chi connectivity index (χ2n) is 8.15. The quantitative estimate of drug-likeness (QED) is 0.119. The molecule has 0 aliphatic heterocycles. The molecule has 1 N–H and O–H groups in total. The number of nitrogens with zero attached hydrogens (tertiary/aromatic N) is 1. The zero-order chi connectivity index (χ0) is 25.6. The summed E-state index contributed by atoms with van der Waals surface area (Å²) in [4.78, 5) is 14.8. The van der Waals surface area contributed by atoms with E-state index in [1.807, 2.05) is 61.6 Å². The van der Waals surface area contributed by atoms with Gasteiger partial charge in [-0.15, -0.1) is 0 Å². The van der Waals surface area contributed by atoms with Crippen LogP contribution in [-0.2, 0) is 21.0 Å². The molecule has 0 spiro atoms. The van der Waals surface area contributed by atoms with Gasteiger partial charge in [0.15, 0.2) is 0 Å². The Bertz CT molecular complexity index is 993. The lowest BCUT2D eigenvalue weighted by atomic mass is 9.98. The monoisotopic (exact) mass is 460 g/mol. The van der Waals surface area contributed by atoms with Crippen LogP contribution in [0.25, 0.3) is 0 Å². The van der Waals surface area contributed by atoms with Crippen LogP contribution < -0.4 is 5.32 Å². The maximum atomic E-state index is 9.76. The molecular formula is C29H36N2O3. The number of carbonyl (C=O) groups excluding carboxylic acids is 1. The molecule has 0 aromatic heterocycles.